The number of aromatic nitrogens is 3. The van der Waals surface area contributed by atoms with Crippen LogP contribution in [0, 0.1) is 0 Å². The highest BCUT2D eigenvalue weighted by Gasteiger charge is 2.17. The minimum Gasteiger partial charge on any atom is -0.497 e. The van der Waals surface area contributed by atoms with Crippen molar-refractivity contribution in [1.29, 1.82) is 0 Å². The third-order valence-electron chi connectivity index (χ3n) is 4.44. The molecular weight excluding hydrogens is 372 g/mol. The number of nitrogens with one attached hydrogen (secondary N) is 2. The van der Waals surface area contributed by atoms with E-state index >= 15 is 0 Å². The zero-order valence-electron chi connectivity index (χ0n) is 16.0. The molecule has 2 N–H and O–H groups in total. The van der Waals surface area contributed by atoms with Crippen molar-refractivity contribution in [2.45, 2.75) is 19.6 Å². The fourth-order valence-electron chi connectivity index (χ4n) is 2.90. The van der Waals surface area contributed by atoms with Crippen LogP contribution in [0.1, 0.15) is 35.2 Å². The van der Waals surface area contributed by atoms with Crippen molar-refractivity contribution in [2.24, 2.45) is 0 Å². The van der Waals surface area contributed by atoms with Crippen molar-refractivity contribution in [3.05, 3.63) is 72.5 Å². The van der Waals surface area contributed by atoms with Gasteiger partial charge in [-0.3, -0.25) is 4.79 Å². The van der Waals surface area contributed by atoms with Crippen LogP contribution in [-0.4, -0.2) is 28.0 Å². The second kappa shape index (κ2) is 8.05. The maximum Gasteiger partial charge on any atom is 0.273 e. The lowest BCUT2D eigenvalue weighted by atomic mass is 10.1. The minimum atomic E-state index is -0.346. The predicted molar refractivity (Wildman–Crippen MR) is 106 cm³/mol. The lowest BCUT2D eigenvalue weighted by Gasteiger charge is -2.09. The van der Waals surface area contributed by atoms with Gasteiger partial charge in [0.25, 0.3) is 5.91 Å². The molecule has 4 aromatic rings. The summed E-state index contributed by atoms with van der Waals surface area (Å²) in [6.45, 7) is 1.94. The Kier molecular flexibility index (Phi) is 5.15. The molecule has 1 atom stereocenters. The van der Waals surface area contributed by atoms with E-state index in [0.717, 1.165) is 16.5 Å². The summed E-state index contributed by atoms with van der Waals surface area (Å²) in [5.41, 5.74) is 0.185. The molecule has 0 fully saturated rings. The second-order valence-corrected chi connectivity index (χ2v) is 6.46. The topological polar surface area (TPSA) is 102 Å². The van der Waals surface area contributed by atoms with Crippen LogP contribution in [0.5, 0.6) is 11.5 Å². The number of H-pyrrole nitrogens is 1. The number of fused-ring (bicyclic) bond motifs is 1. The Balaban J connectivity index is 1.39. The molecule has 2 heterocycles. The highest BCUT2D eigenvalue weighted by Crippen LogP contribution is 2.25. The normalized spacial score (nSPS) is 11.9. The van der Waals surface area contributed by atoms with Gasteiger partial charge in [0, 0.05) is 12.4 Å². The molecule has 1 amide bonds. The first-order valence-electron chi connectivity index (χ1n) is 9.07. The average Bonchev–Trinajstić information content (AvgIpc) is 3.43. The van der Waals surface area contributed by atoms with E-state index in [9.17, 15) is 4.79 Å². The van der Waals surface area contributed by atoms with Crippen LogP contribution >= 0.6 is 0 Å². The van der Waals surface area contributed by atoms with Crippen molar-refractivity contribution in [1.82, 2.24) is 20.3 Å². The SMILES string of the molecule is COc1ccc2ccc(OCc3nc(C(=O)N[C@@H](C)c4ncc[nH]4)co3)cc2c1. The molecule has 0 unspecified atom stereocenters. The van der Waals surface area contributed by atoms with Crippen LogP contribution in [-0.2, 0) is 6.61 Å². The highest BCUT2D eigenvalue weighted by molar-refractivity contribution is 5.92. The van der Waals surface area contributed by atoms with Crippen LogP contribution in [0.2, 0.25) is 0 Å². The summed E-state index contributed by atoms with van der Waals surface area (Å²) in [5.74, 6) is 2.08. The van der Waals surface area contributed by atoms with Gasteiger partial charge >= 0.3 is 0 Å². The Morgan fingerprint density at radius 1 is 1.21 bits per heavy atom. The fourth-order valence-corrected chi connectivity index (χ4v) is 2.90. The minimum absolute atomic E-state index is 0.108. The summed E-state index contributed by atoms with van der Waals surface area (Å²) in [4.78, 5) is 23.6. The first kappa shape index (κ1) is 18.5. The molecular formula is C21H20N4O4. The first-order valence-corrected chi connectivity index (χ1v) is 9.07. The molecule has 0 spiro atoms. The third kappa shape index (κ3) is 4.21. The number of rotatable bonds is 7. The van der Waals surface area contributed by atoms with Crippen molar-refractivity contribution in [3.63, 3.8) is 0 Å². The molecule has 0 aliphatic carbocycles. The lowest BCUT2D eigenvalue weighted by molar-refractivity contribution is 0.0933. The number of ether oxygens (including phenoxy) is 2. The summed E-state index contributed by atoms with van der Waals surface area (Å²) in [6.07, 6.45) is 4.65. The number of aromatic amines is 1. The molecule has 0 saturated carbocycles. The van der Waals surface area contributed by atoms with Crippen molar-refractivity contribution in [3.8, 4) is 11.5 Å². The standard InChI is InChI=1S/C21H20N4O4/c1-13(20-22-7-8-23-20)24-21(26)18-11-29-19(25-18)12-28-17-6-4-14-3-5-16(27-2)9-15(14)10-17/h3-11,13H,12H2,1-2H3,(H,22,23)(H,24,26)/t13-/m0/s1. The molecule has 8 nitrogen and oxygen atoms in total. The maximum absolute atomic E-state index is 12.3. The molecule has 4 rings (SSSR count). The molecule has 29 heavy (non-hydrogen) atoms. The zero-order valence-corrected chi connectivity index (χ0v) is 16.0. The zero-order chi connectivity index (χ0) is 20.2. The van der Waals surface area contributed by atoms with Gasteiger partial charge in [0.15, 0.2) is 12.3 Å². The summed E-state index contributed by atoms with van der Waals surface area (Å²) in [5, 5.41) is 4.89. The van der Waals surface area contributed by atoms with Gasteiger partial charge in [-0.25, -0.2) is 9.97 Å². The van der Waals surface area contributed by atoms with E-state index in [-0.39, 0.29) is 24.2 Å². The Bertz CT molecular complexity index is 1120. The first-order chi connectivity index (χ1) is 14.1. The molecule has 0 saturated heterocycles. The Morgan fingerprint density at radius 2 is 2.00 bits per heavy atom. The Hall–Kier alpha value is -3.81. The number of hydrogen-bond acceptors (Lipinski definition) is 6. The number of imidazole rings is 1. The molecule has 0 aliphatic rings. The number of hydrogen-bond donors (Lipinski definition) is 2. The third-order valence-corrected chi connectivity index (χ3v) is 4.44. The van der Waals surface area contributed by atoms with Gasteiger partial charge in [-0.05, 0) is 42.0 Å². The van der Waals surface area contributed by atoms with Gasteiger partial charge in [-0.1, -0.05) is 12.1 Å². The summed E-state index contributed by atoms with van der Waals surface area (Å²) < 4.78 is 16.4. The molecule has 0 aliphatic heterocycles. The number of benzene rings is 2. The molecule has 8 heteroatoms. The second-order valence-electron chi connectivity index (χ2n) is 6.46. The van der Waals surface area contributed by atoms with Gasteiger partial charge in [0.2, 0.25) is 5.89 Å². The summed E-state index contributed by atoms with van der Waals surface area (Å²) >= 11 is 0. The molecule has 2 aromatic carbocycles. The van der Waals surface area contributed by atoms with Gasteiger partial charge in [-0.15, -0.1) is 0 Å². The van der Waals surface area contributed by atoms with E-state index in [1.807, 2.05) is 43.3 Å². The van der Waals surface area contributed by atoms with Gasteiger partial charge in [0.05, 0.1) is 13.2 Å². The number of amides is 1. The van der Waals surface area contributed by atoms with E-state index in [0.29, 0.717) is 17.5 Å². The number of oxazole rings is 1. The highest BCUT2D eigenvalue weighted by atomic mass is 16.5. The fraction of sp³-hybridized carbons (Fsp3) is 0.190. The van der Waals surface area contributed by atoms with E-state index in [1.165, 1.54) is 6.26 Å². The van der Waals surface area contributed by atoms with Gasteiger partial charge in [0.1, 0.15) is 23.6 Å². The van der Waals surface area contributed by atoms with Crippen LogP contribution in [0.3, 0.4) is 0 Å². The van der Waals surface area contributed by atoms with Crippen LogP contribution in [0.4, 0.5) is 0 Å². The molecule has 2 aromatic heterocycles. The van der Waals surface area contributed by atoms with Gasteiger partial charge in [-0.2, -0.15) is 0 Å². The van der Waals surface area contributed by atoms with Crippen LogP contribution in [0.15, 0.2) is 59.5 Å². The van der Waals surface area contributed by atoms with E-state index in [1.54, 1.807) is 19.5 Å². The van der Waals surface area contributed by atoms with E-state index in [4.69, 9.17) is 13.9 Å². The number of carbonyl (C=O) groups is 1. The summed E-state index contributed by atoms with van der Waals surface area (Å²) in [7, 11) is 1.63. The molecule has 0 radical (unpaired) electrons. The Labute approximate surface area is 166 Å². The number of carbonyl (C=O) groups excluding carboxylic acids is 1. The average molecular weight is 392 g/mol. The van der Waals surface area contributed by atoms with E-state index < -0.39 is 0 Å². The Morgan fingerprint density at radius 3 is 2.76 bits per heavy atom. The number of nitrogens with zero attached hydrogens (tertiary/aromatic N) is 2. The van der Waals surface area contributed by atoms with Gasteiger partial charge < -0.3 is 24.2 Å². The monoisotopic (exact) mass is 392 g/mol. The molecule has 0 bridgehead atoms. The van der Waals surface area contributed by atoms with Crippen molar-refractivity contribution >= 4 is 16.7 Å². The smallest absolute Gasteiger partial charge is 0.273 e. The number of methoxy groups -OCH3 is 1. The maximum atomic E-state index is 12.3. The largest absolute Gasteiger partial charge is 0.497 e. The van der Waals surface area contributed by atoms with Crippen molar-refractivity contribution < 1.29 is 18.7 Å². The van der Waals surface area contributed by atoms with Crippen LogP contribution in [0.25, 0.3) is 10.8 Å². The quantitative estimate of drug-likeness (QED) is 0.498. The summed E-state index contributed by atoms with van der Waals surface area (Å²) in [6, 6.07) is 11.3. The lowest BCUT2D eigenvalue weighted by Crippen LogP contribution is -2.27. The van der Waals surface area contributed by atoms with Crippen molar-refractivity contribution in [2.75, 3.05) is 7.11 Å². The molecule has 148 valence electrons. The predicted octanol–water partition coefficient (Wildman–Crippen LogP) is 3.63. The van der Waals surface area contributed by atoms with E-state index in [2.05, 4.69) is 20.3 Å². The van der Waals surface area contributed by atoms with Crippen LogP contribution < -0.4 is 14.8 Å².